The van der Waals surface area contributed by atoms with E-state index in [1.807, 2.05) is 18.2 Å². The standard InChI is InChI=1S/C20H23BrN2O3S/c1-26-19-10-9-18(21)16-20(19)27(24,25)23-14-12-22(13-15-23)11-5-8-17-6-3-2-4-7-17/h2-10,16H,11-15H2,1H3. The fourth-order valence-electron chi connectivity index (χ4n) is 3.05. The molecule has 0 N–H and O–H groups in total. The zero-order chi connectivity index (χ0) is 19.3. The number of hydrogen-bond acceptors (Lipinski definition) is 4. The number of benzene rings is 2. The molecule has 2 aromatic carbocycles. The summed E-state index contributed by atoms with van der Waals surface area (Å²) >= 11 is 3.34. The Morgan fingerprint density at radius 2 is 1.78 bits per heavy atom. The van der Waals surface area contributed by atoms with Gasteiger partial charge in [0.05, 0.1) is 7.11 Å². The number of rotatable bonds is 6. The van der Waals surface area contributed by atoms with Crippen LogP contribution in [0.4, 0.5) is 0 Å². The Morgan fingerprint density at radius 1 is 1.07 bits per heavy atom. The molecule has 0 saturated carbocycles. The normalized spacial score (nSPS) is 16.7. The van der Waals surface area contributed by atoms with Crippen LogP contribution in [-0.4, -0.2) is 57.5 Å². The van der Waals surface area contributed by atoms with Crippen molar-refractivity contribution in [3.63, 3.8) is 0 Å². The maximum absolute atomic E-state index is 13.0. The number of ether oxygens (including phenoxy) is 1. The van der Waals surface area contributed by atoms with Crippen LogP contribution in [0.25, 0.3) is 6.08 Å². The molecule has 1 heterocycles. The summed E-state index contributed by atoms with van der Waals surface area (Å²) in [6.07, 6.45) is 4.21. The fraction of sp³-hybridized carbons (Fsp3) is 0.300. The molecule has 1 aliphatic rings. The van der Waals surface area contributed by atoms with Gasteiger partial charge in [0, 0.05) is 37.2 Å². The van der Waals surface area contributed by atoms with Crippen molar-refractivity contribution in [2.24, 2.45) is 0 Å². The van der Waals surface area contributed by atoms with E-state index < -0.39 is 10.0 Å². The first kappa shape index (κ1) is 20.1. The number of nitrogens with zero attached hydrogens (tertiary/aromatic N) is 2. The van der Waals surface area contributed by atoms with Crippen LogP contribution in [0.2, 0.25) is 0 Å². The van der Waals surface area contributed by atoms with Crippen molar-refractivity contribution >= 4 is 32.0 Å². The number of methoxy groups -OCH3 is 1. The van der Waals surface area contributed by atoms with E-state index in [1.165, 1.54) is 17.0 Å². The summed E-state index contributed by atoms with van der Waals surface area (Å²) in [4.78, 5) is 2.46. The van der Waals surface area contributed by atoms with Crippen LogP contribution in [0.1, 0.15) is 5.56 Å². The van der Waals surface area contributed by atoms with Gasteiger partial charge in [-0.05, 0) is 23.8 Å². The van der Waals surface area contributed by atoms with E-state index in [1.54, 1.807) is 18.2 Å². The topological polar surface area (TPSA) is 49.9 Å². The van der Waals surface area contributed by atoms with E-state index in [2.05, 4.69) is 45.1 Å². The van der Waals surface area contributed by atoms with E-state index in [0.717, 1.165) is 6.54 Å². The van der Waals surface area contributed by atoms with Crippen molar-refractivity contribution in [3.8, 4) is 5.75 Å². The minimum Gasteiger partial charge on any atom is -0.495 e. The molecule has 0 atom stereocenters. The molecule has 0 spiro atoms. The smallest absolute Gasteiger partial charge is 0.246 e. The first-order valence-electron chi connectivity index (χ1n) is 8.78. The van der Waals surface area contributed by atoms with E-state index in [4.69, 9.17) is 4.74 Å². The van der Waals surface area contributed by atoms with E-state index in [0.29, 0.717) is 36.4 Å². The van der Waals surface area contributed by atoms with Crippen LogP contribution in [0, 0.1) is 0 Å². The highest BCUT2D eigenvalue weighted by atomic mass is 79.9. The molecule has 0 radical (unpaired) electrons. The van der Waals surface area contributed by atoms with Crippen molar-refractivity contribution in [3.05, 3.63) is 64.6 Å². The monoisotopic (exact) mass is 450 g/mol. The lowest BCUT2D eigenvalue weighted by molar-refractivity contribution is 0.204. The highest BCUT2D eigenvalue weighted by Crippen LogP contribution is 2.30. The van der Waals surface area contributed by atoms with Crippen molar-refractivity contribution in [2.75, 3.05) is 39.8 Å². The van der Waals surface area contributed by atoms with Gasteiger partial charge in [-0.3, -0.25) is 4.90 Å². The van der Waals surface area contributed by atoms with E-state index in [9.17, 15) is 8.42 Å². The van der Waals surface area contributed by atoms with Gasteiger partial charge in [0.15, 0.2) is 0 Å². The van der Waals surface area contributed by atoms with Gasteiger partial charge in [0.2, 0.25) is 10.0 Å². The first-order chi connectivity index (χ1) is 13.0. The summed E-state index contributed by atoms with van der Waals surface area (Å²) in [7, 11) is -2.10. The third kappa shape index (κ3) is 4.99. The second-order valence-electron chi connectivity index (χ2n) is 6.31. The van der Waals surface area contributed by atoms with Crippen LogP contribution < -0.4 is 4.74 Å². The lowest BCUT2D eigenvalue weighted by atomic mass is 10.2. The predicted molar refractivity (Wildman–Crippen MR) is 111 cm³/mol. The van der Waals surface area contributed by atoms with Crippen molar-refractivity contribution < 1.29 is 13.2 Å². The third-order valence-electron chi connectivity index (χ3n) is 4.55. The van der Waals surface area contributed by atoms with Crippen LogP contribution in [-0.2, 0) is 10.0 Å². The predicted octanol–water partition coefficient (Wildman–Crippen LogP) is 3.48. The molecule has 1 aliphatic heterocycles. The first-order valence-corrected chi connectivity index (χ1v) is 11.0. The summed E-state index contributed by atoms with van der Waals surface area (Å²) in [5.74, 6) is 0.367. The van der Waals surface area contributed by atoms with E-state index >= 15 is 0 Å². The largest absolute Gasteiger partial charge is 0.495 e. The summed E-state index contributed by atoms with van der Waals surface area (Å²) in [5.41, 5.74) is 1.17. The van der Waals surface area contributed by atoms with Gasteiger partial charge in [-0.1, -0.05) is 58.4 Å². The van der Waals surface area contributed by atoms with Gasteiger partial charge in [0.25, 0.3) is 0 Å². The average Bonchev–Trinajstić information content (AvgIpc) is 2.69. The molecule has 0 amide bonds. The molecule has 1 fully saturated rings. The molecule has 3 rings (SSSR count). The van der Waals surface area contributed by atoms with Crippen LogP contribution >= 0.6 is 15.9 Å². The van der Waals surface area contributed by atoms with Crippen molar-refractivity contribution in [2.45, 2.75) is 4.90 Å². The highest BCUT2D eigenvalue weighted by Gasteiger charge is 2.30. The molecule has 2 aromatic rings. The van der Waals surface area contributed by atoms with Crippen LogP contribution in [0.15, 0.2) is 64.0 Å². The quantitative estimate of drug-likeness (QED) is 0.675. The van der Waals surface area contributed by atoms with Crippen molar-refractivity contribution in [1.82, 2.24) is 9.21 Å². The Bertz CT molecular complexity index is 893. The van der Waals surface area contributed by atoms with Gasteiger partial charge >= 0.3 is 0 Å². The Kier molecular flexibility index (Phi) is 6.70. The summed E-state index contributed by atoms with van der Waals surface area (Å²) in [6, 6.07) is 15.2. The molecule has 27 heavy (non-hydrogen) atoms. The minimum absolute atomic E-state index is 0.205. The summed E-state index contributed by atoms with van der Waals surface area (Å²) in [6.45, 7) is 3.15. The summed E-state index contributed by atoms with van der Waals surface area (Å²) in [5, 5.41) is 0. The Morgan fingerprint density at radius 3 is 2.44 bits per heavy atom. The molecule has 0 unspecified atom stereocenters. The molecule has 7 heteroatoms. The third-order valence-corrected chi connectivity index (χ3v) is 6.96. The lowest BCUT2D eigenvalue weighted by Crippen LogP contribution is -2.48. The van der Waals surface area contributed by atoms with Gasteiger partial charge in [0.1, 0.15) is 10.6 Å². The molecule has 0 aliphatic carbocycles. The molecule has 0 aromatic heterocycles. The molecular formula is C20H23BrN2O3S. The van der Waals surface area contributed by atoms with Crippen LogP contribution in [0.3, 0.4) is 0 Å². The molecule has 0 bridgehead atoms. The maximum atomic E-state index is 13.0. The number of hydrogen-bond donors (Lipinski definition) is 0. The number of piperazine rings is 1. The zero-order valence-electron chi connectivity index (χ0n) is 15.2. The summed E-state index contributed by atoms with van der Waals surface area (Å²) < 4.78 is 33.5. The SMILES string of the molecule is COc1ccc(Br)cc1S(=O)(=O)N1CCN(CC=Cc2ccccc2)CC1. The average molecular weight is 451 g/mol. The molecule has 5 nitrogen and oxygen atoms in total. The Balaban J connectivity index is 1.61. The van der Waals surface area contributed by atoms with Crippen molar-refractivity contribution in [1.29, 1.82) is 0 Å². The maximum Gasteiger partial charge on any atom is 0.246 e. The molecule has 1 saturated heterocycles. The van der Waals surface area contributed by atoms with Gasteiger partial charge in [-0.15, -0.1) is 0 Å². The second kappa shape index (κ2) is 9.01. The number of halogens is 1. The highest BCUT2D eigenvalue weighted by molar-refractivity contribution is 9.10. The Labute approximate surface area is 169 Å². The molecule has 144 valence electrons. The molecular weight excluding hydrogens is 428 g/mol. The van der Waals surface area contributed by atoms with Gasteiger partial charge in [-0.2, -0.15) is 4.31 Å². The van der Waals surface area contributed by atoms with Crippen LogP contribution in [0.5, 0.6) is 5.75 Å². The fourth-order valence-corrected chi connectivity index (χ4v) is 5.16. The van der Waals surface area contributed by atoms with E-state index in [-0.39, 0.29) is 4.90 Å². The second-order valence-corrected chi connectivity index (χ2v) is 9.13. The van der Waals surface area contributed by atoms with Gasteiger partial charge in [-0.25, -0.2) is 8.42 Å². The Hall–Kier alpha value is -1.67. The lowest BCUT2D eigenvalue weighted by Gasteiger charge is -2.33. The minimum atomic E-state index is -3.58. The zero-order valence-corrected chi connectivity index (χ0v) is 17.6. The van der Waals surface area contributed by atoms with Gasteiger partial charge < -0.3 is 4.74 Å². The number of sulfonamides is 1.